The molecule has 1 heterocycles. The number of nitriles is 1. The maximum absolute atomic E-state index is 9.48. The molecule has 6 nitrogen and oxygen atoms in total. The molecule has 0 aliphatic rings. The van der Waals surface area contributed by atoms with Gasteiger partial charge in [0.1, 0.15) is 6.07 Å². The average Bonchev–Trinajstić information content (AvgIpc) is 2.61. The molecule has 0 amide bonds. The molecule has 0 spiro atoms. The van der Waals surface area contributed by atoms with Gasteiger partial charge >= 0.3 is 0 Å². The van der Waals surface area contributed by atoms with Gasteiger partial charge in [-0.25, -0.2) is 0 Å². The van der Waals surface area contributed by atoms with Crippen LogP contribution in [0.3, 0.4) is 0 Å². The molecule has 0 atom stereocenters. The third kappa shape index (κ3) is 4.40. The van der Waals surface area contributed by atoms with Gasteiger partial charge in [-0.3, -0.25) is 0 Å². The van der Waals surface area contributed by atoms with Crippen molar-refractivity contribution in [2.75, 3.05) is 11.1 Å². The molecule has 25 heavy (non-hydrogen) atoms. The van der Waals surface area contributed by atoms with Crippen molar-refractivity contribution in [2.24, 2.45) is 0 Å². The van der Waals surface area contributed by atoms with E-state index in [2.05, 4.69) is 42.3 Å². The third-order valence-corrected chi connectivity index (χ3v) is 3.75. The van der Waals surface area contributed by atoms with Crippen LogP contribution in [0.25, 0.3) is 11.6 Å². The number of rotatable bonds is 4. The summed E-state index contributed by atoms with van der Waals surface area (Å²) in [5.74, 6) is 0.544. The molecule has 122 valence electrons. The molecule has 0 aliphatic carbocycles. The van der Waals surface area contributed by atoms with E-state index in [1.165, 1.54) is 0 Å². The van der Waals surface area contributed by atoms with Crippen LogP contribution in [0.4, 0.5) is 17.6 Å². The van der Waals surface area contributed by atoms with Crippen LogP contribution in [0.1, 0.15) is 11.4 Å². The number of nitrogens with zero attached hydrogens (tertiary/aromatic N) is 4. The zero-order chi connectivity index (χ0) is 17.6. The molecule has 2 aromatic carbocycles. The summed E-state index contributed by atoms with van der Waals surface area (Å²) in [7, 11) is 0. The Morgan fingerprint density at radius 1 is 1.04 bits per heavy atom. The molecule has 0 radical (unpaired) electrons. The molecule has 0 saturated carbocycles. The fraction of sp³-hybridized carbons (Fsp3) is 0. The minimum absolute atomic E-state index is 0.0420. The van der Waals surface area contributed by atoms with Crippen LogP contribution in [0.15, 0.2) is 59.1 Å². The van der Waals surface area contributed by atoms with Gasteiger partial charge in [-0.1, -0.05) is 46.3 Å². The molecule has 3 rings (SSSR count). The van der Waals surface area contributed by atoms with E-state index in [1.807, 2.05) is 54.6 Å². The van der Waals surface area contributed by atoms with E-state index in [0.717, 1.165) is 15.7 Å². The number of aromatic nitrogens is 3. The zero-order valence-electron chi connectivity index (χ0n) is 13.0. The number of nitrogens with two attached hydrogens (primary N) is 1. The minimum atomic E-state index is 0.0420. The van der Waals surface area contributed by atoms with Crippen molar-refractivity contribution >= 4 is 45.2 Å². The SMILES string of the molecule is N#C/C(=C/c1ccc(Br)cc1)c1nc(N)nc(Nc2ccccc2)n1. The van der Waals surface area contributed by atoms with Crippen LogP contribution in [-0.4, -0.2) is 15.0 Å². The summed E-state index contributed by atoms with van der Waals surface area (Å²) in [6.07, 6.45) is 1.70. The molecular weight excluding hydrogens is 380 g/mol. The Morgan fingerprint density at radius 2 is 1.76 bits per heavy atom. The number of para-hydroxylation sites is 1. The number of nitrogens with one attached hydrogen (secondary N) is 1. The minimum Gasteiger partial charge on any atom is -0.368 e. The van der Waals surface area contributed by atoms with E-state index in [1.54, 1.807) is 6.08 Å². The topological polar surface area (TPSA) is 101 Å². The first-order chi connectivity index (χ1) is 12.1. The van der Waals surface area contributed by atoms with Crippen molar-refractivity contribution in [3.8, 4) is 6.07 Å². The Hall–Kier alpha value is -3.24. The average molecular weight is 393 g/mol. The highest BCUT2D eigenvalue weighted by Gasteiger charge is 2.10. The predicted octanol–water partition coefficient (Wildman–Crippen LogP) is 4.02. The molecule has 1 aromatic heterocycles. The molecule has 3 aromatic rings. The second-order valence-corrected chi connectivity index (χ2v) is 5.97. The van der Waals surface area contributed by atoms with Gasteiger partial charge in [0.25, 0.3) is 0 Å². The van der Waals surface area contributed by atoms with Crippen LogP contribution >= 0.6 is 15.9 Å². The third-order valence-electron chi connectivity index (χ3n) is 3.22. The van der Waals surface area contributed by atoms with Gasteiger partial charge < -0.3 is 11.1 Å². The van der Waals surface area contributed by atoms with E-state index in [0.29, 0.717) is 5.57 Å². The van der Waals surface area contributed by atoms with Gasteiger partial charge in [-0.05, 0) is 35.9 Å². The molecule has 3 N–H and O–H groups in total. The maximum Gasteiger partial charge on any atom is 0.232 e. The van der Waals surface area contributed by atoms with Gasteiger partial charge in [0, 0.05) is 10.2 Å². The van der Waals surface area contributed by atoms with Crippen molar-refractivity contribution in [2.45, 2.75) is 0 Å². The highest BCUT2D eigenvalue weighted by molar-refractivity contribution is 9.10. The summed E-state index contributed by atoms with van der Waals surface area (Å²) in [5, 5.41) is 12.5. The molecule has 0 unspecified atom stereocenters. The Balaban J connectivity index is 1.95. The second kappa shape index (κ2) is 7.55. The standard InChI is InChI=1S/C18H13BrN6/c19-14-8-6-12(7-9-14)10-13(11-20)16-23-17(21)25-18(24-16)22-15-4-2-1-3-5-15/h1-10H,(H3,21,22,23,24,25)/b13-10-. The summed E-state index contributed by atoms with van der Waals surface area (Å²) in [6.45, 7) is 0. The maximum atomic E-state index is 9.48. The van der Waals surface area contributed by atoms with E-state index in [-0.39, 0.29) is 17.7 Å². The fourth-order valence-electron chi connectivity index (χ4n) is 2.09. The van der Waals surface area contributed by atoms with E-state index >= 15 is 0 Å². The van der Waals surface area contributed by atoms with Crippen molar-refractivity contribution in [3.63, 3.8) is 0 Å². The van der Waals surface area contributed by atoms with Gasteiger partial charge in [0.2, 0.25) is 11.9 Å². The van der Waals surface area contributed by atoms with E-state index in [9.17, 15) is 5.26 Å². The predicted molar refractivity (Wildman–Crippen MR) is 102 cm³/mol. The molecule has 7 heteroatoms. The highest BCUT2D eigenvalue weighted by Crippen LogP contribution is 2.19. The summed E-state index contributed by atoms with van der Waals surface area (Å²) >= 11 is 3.38. The smallest absolute Gasteiger partial charge is 0.232 e. The van der Waals surface area contributed by atoms with Crippen LogP contribution < -0.4 is 11.1 Å². The van der Waals surface area contributed by atoms with Gasteiger partial charge in [0.15, 0.2) is 5.82 Å². The first-order valence-corrected chi connectivity index (χ1v) is 8.15. The molecule has 0 fully saturated rings. The van der Waals surface area contributed by atoms with Crippen LogP contribution in [0, 0.1) is 11.3 Å². The molecule has 0 bridgehead atoms. The van der Waals surface area contributed by atoms with Crippen molar-refractivity contribution in [1.29, 1.82) is 5.26 Å². The molecular formula is C18H13BrN6. The fourth-order valence-corrected chi connectivity index (χ4v) is 2.36. The van der Waals surface area contributed by atoms with Crippen molar-refractivity contribution < 1.29 is 0 Å². The van der Waals surface area contributed by atoms with Gasteiger partial charge in [-0.2, -0.15) is 20.2 Å². The zero-order valence-corrected chi connectivity index (χ0v) is 14.6. The number of hydrogen-bond donors (Lipinski definition) is 2. The first kappa shape index (κ1) is 16.6. The van der Waals surface area contributed by atoms with Crippen LogP contribution in [0.5, 0.6) is 0 Å². The monoisotopic (exact) mass is 392 g/mol. The Kier molecular flexibility index (Phi) is 5.02. The Morgan fingerprint density at radius 3 is 2.44 bits per heavy atom. The van der Waals surface area contributed by atoms with Gasteiger partial charge in [0.05, 0.1) is 5.57 Å². The number of halogens is 1. The summed E-state index contributed by atoms with van der Waals surface area (Å²) in [6, 6.07) is 19.1. The lowest BCUT2D eigenvalue weighted by molar-refractivity contribution is 1.04. The summed E-state index contributed by atoms with van der Waals surface area (Å²) in [4.78, 5) is 12.4. The lowest BCUT2D eigenvalue weighted by Gasteiger charge is -2.07. The lowest BCUT2D eigenvalue weighted by atomic mass is 10.1. The highest BCUT2D eigenvalue weighted by atomic mass is 79.9. The normalized spacial score (nSPS) is 11.0. The summed E-state index contributed by atoms with van der Waals surface area (Å²) in [5.41, 5.74) is 7.74. The Bertz CT molecular complexity index is 946. The first-order valence-electron chi connectivity index (χ1n) is 7.35. The largest absolute Gasteiger partial charge is 0.368 e. The molecule has 0 saturated heterocycles. The summed E-state index contributed by atoms with van der Waals surface area (Å²) < 4.78 is 0.960. The quantitative estimate of drug-likeness (QED) is 0.650. The second-order valence-electron chi connectivity index (χ2n) is 5.05. The van der Waals surface area contributed by atoms with E-state index < -0.39 is 0 Å². The number of nitrogen functional groups attached to an aromatic ring is 1. The Labute approximate surface area is 153 Å². The number of allylic oxidation sites excluding steroid dienone is 1. The van der Waals surface area contributed by atoms with E-state index in [4.69, 9.17) is 5.73 Å². The van der Waals surface area contributed by atoms with Gasteiger partial charge in [-0.15, -0.1) is 0 Å². The molecule has 0 aliphatic heterocycles. The lowest BCUT2D eigenvalue weighted by Crippen LogP contribution is -2.06. The van der Waals surface area contributed by atoms with Crippen LogP contribution in [-0.2, 0) is 0 Å². The number of hydrogen-bond acceptors (Lipinski definition) is 6. The number of benzene rings is 2. The van der Waals surface area contributed by atoms with Crippen molar-refractivity contribution in [1.82, 2.24) is 15.0 Å². The van der Waals surface area contributed by atoms with Crippen molar-refractivity contribution in [3.05, 3.63) is 70.5 Å². The van der Waals surface area contributed by atoms with Crippen LogP contribution in [0.2, 0.25) is 0 Å². The number of anilines is 3.